The lowest BCUT2D eigenvalue weighted by molar-refractivity contribution is 0.674. The van der Waals surface area contributed by atoms with Crippen molar-refractivity contribution in [2.45, 2.75) is 0 Å². The van der Waals surface area contributed by atoms with Crippen molar-refractivity contribution in [2.75, 3.05) is 4.90 Å². The molecule has 0 bridgehead atoms. The van der Waals surface area contributed by atoms with Crippen molar-refractivity contribution in [3.05, 3.63) is 212 Å². The Balaban J connectivity index is 1.06. The number of anilines is 3. The minimum atomic E-state index is 0.893. The van der Waals surface area contributed by atoms with Gasteiger partial charge in [0.1, 0.15) is 11.2 Å². The summed E-state index contributed by atoms with van der Waals surface area (Å²) in [4.78, 5) is 2.38. The first-order valence-corrected chi connectivity index (χ1v) is 19.2. The van der Waals surface area contributed by atoms with Crippen molar-refractivity contribution in [3.8, 4) is 33.4 Å². The van der Waals surface area contributed by atoms with E-state index in [0.717, 1.165) is 55.5 Å². The summed E-state index contributed by atoms with van der Waals surface area (Å²) in [5, 5.41) is 9.51. The van der Waals surface area contributed by atoms with Gasteiger partial charge < -0.3 is 9.32 Å². The Kier molecular flexibility index (Phi) is 7.53. The third-order valence-corrected chi connectivity index (χ3v) is 11.2. The highest BCUT2D eigenvalue weighted by atomic mass is 16.3. The molecule has 0 atom stereocenters. The molecule has 2 nitrogen and oxygen atoms in total. The zero-order chi connectivity index (χ0) is 37.0. The summed E-state index contributed by atoms with van der Waals surface area (Å²) in [6.07, 6.45) is 0. The van der Waals surface area contributed by atoms with Gasteiger partial charge in [0.2, 0.25) is 0 Å². The summed E-state index contributed by atoms with van der Waals surface area (Å²) in [6.45, 7) is 0. The van der Waals surface area contributed by atoms with Gasteiger partial charge in [-0.25, -0.2) is 0 Å². The van der Waals surface area contributed by atoms with E-state index >= 15 is 0 Å². The van der Waals surface area contributed by atoms with Crippen LogP contribution in [0.25, 0.3) is 87.6 Å². The van der Waals surface area contributed by atoms with Crippen LogP contribution in [-0.4, -0.2) is 0 Å². The molecule has 10 aromatic carbocycles. The maximum Gasteiger partial charge on any atom is 0.143 e. The molecule has 0 spiro atoms. The van der Waals surface area contributed by atoms with Crippen LogP contribution < -0.4 is 4.90 Å². The van der Waals surface area contributed by atoms with Gasteiger partial charge >= 0.3 is 0 Å². The van der Waals surface area contributed by atoms with Crippen LogP contribution >= 0.6 is 0 Å². The van der Waals surface area contributed by atoms with Crippen molar-refractivity contribution in [1.82, 2.24) is 0 Å². The van der Waals surface area contributed by atoms with Gasteiger partial charge in [0, 0.05) is 38.7 Å². The van der Waals surface area contributed by atoms with Crippen LogP contribution in [0.4, 0.5) is 17.1 Å². The first-order valence-electron chi connectivity index (χ1n) is 19.2. The van der Waals surface area contributed by atoms with Crippen LogP contribution in [0.2, 0.25) is 0 Å². The fraction of sp³-hybridized carbons (Fsp3) is 0. The summed E-state index contributed by atoms with van der Waals surface area (Å²) < 4.78 is 6.87. The molecule has 2 heteroatoms. The highest BCUT2D eigenvalue weighted by Crippen LogP contribution is 2.45. The predicted molar refractivity (Wildman–Crippen MR) is 237 cm³/mol. The second kappa shape index (κ2) is 13.2. The second-order valence-electron chi connectivity index (χ2n) is 14.5. The van der Waals surface area contributed by atoms with Crippen LogP contribution in [-0.2, 0) is 0 Å². The van der Waals surface area contributed by atoms with E-state index in [-0.39, 0.29) is 0 Å². The van der Waals surface area contributed by atoms with E-state index in [1.54, 1.807) is 0 Å². The molecule has 1 heterocycles. The maximum absolute atomic E-state index is 6.87. The normalized spacial score (nSPS) is 11.6. The van der Waals surface area contributed by atoms with E-state index in [4.69, 9.17) is 4.42 Å². The fourth-order valence-corrected chi connectivity index (χ4v) is 8.41. The lowest BCUT2D eigenvalue weighted by Crippen LogP contribution is -2.11. The molecule has 0 radical (unpaired) electrons. The van der Waals surface area contributed by atoms with Crippen LogP contribution in [0.3, 0.4) is 0 Å². The van der Waals surface area contributed by atoms with E-state index in [1.165, 1.54) is 49.2 Å². The molecule has 0 aliphatic carbocycles. The van der Waals surface area contributed by atoms with E-state index in [1.807, 2.05) is 0 Å². The Labute approximate surface area is 325 Å². The van der Waals surface area contributed by atoms with Crippen molar-refractivity contribution in [3.63, 3.8) is 0 Å². The predicted octanol–water partition coefficient (Wildman–Crippen LogP) is 15.5. The Hall–Kier alpha value is -7.42. The molecule has 0 fully saturated rings. The van der Waals surface area contributed by atoms with Crippen molar-refractivity contribution >= 4 is 71.3 Å². The third-order valence-electron chi connectivity index (χ3n) is 11.2. The Morgan fingerprint density at radius 3 is 1.39 bits per heavy atom. The smallest absolute Gasteiger partial charge is 0.143 e. The quantitative estimate of drug-likeness (QED) is 0.171. The molecule has 1 aromatic heterocycles. The van der Waals surface area contributed by atoms with Gasteiger partial charge in [-0.05, 0) is 97.7 Å². The largest absolute Gasteiger partial charge is 0.455 e. The molecule has 11 rings (SSSR count). The molecule has 0 saturated carbocycles. The summed E-state index contributed by atoms with van der Waals surface area (Å²) in [6, 6.07) is 76.5. The van der Waals surface area contributed by atoms with Gasteiger partial charge in [0.25, 0.3) is 0 Å². The molecular weight excluding hydrogens is 679 g/mol. The Morgan fingerprint density at radius 1 is 0.286 bits per heavy atom. The lowest BCUT2D eigenvalue weighted by Gasteiger charge is -2.28. The molecule has 0 aliphatic rings. The highest BCUT2D eigenvalue weighted by Gasteiger charge is 2.21. The van der Waals surface area contributed by atoms with E-state index in [2.05, 4.69) is 217 Å². The third kappa shape index (κ3) is 5.42. The molecule has 0 saturated heterocycles. The SMILES string of the molecule is c1ccc(N(c2ccc(-c3ccc4ccccc4c3)cc2)c2ccc(-c3ccc4ccccc4c3)cc2)c(-c2cccc3c2oc2c4ccccc4ccc32)c1. The number of rotatable bonds is 6. The number of nitrogens with zero attached hydrogens (tertiary/aromatic N) is 1. The number of hydrogen-bond acceptors (Lipinski definition) is 2. The van der Waals surface area contributed by atoms with Gasteiger partial charge in [-0.15, -0.1) is 0 Å². The molecule has 11 aromatic rings. The monoisotopic (exact) mass is 713 g/mol. The number of benzene rings is 10. The standard InChI is InChI=1S/C54H35NO/c1-3-13-41-34-43(22-20-36(41)10-1)38-24-29-45(30-25-38)55(46-31-26-39(27-32-46)44-23-21-37-11-2-4-14-42(37)35-44)52-19-8-7-16-48(52)49-17-9-18-50-51-33-28-40-12-5-6-15-47(40)53(51)56-54(49)50/h1-35H. The van der Waals surface area contributed by atoms with Gasteiger partial charge in [0.15, 0.2) is 0 Å². The van der Waals surface area contributed by atoms with Crippen LogP contribution in [0.1, 0.15) is 0 Å². The average molecular weight is 714 g/mol. The molecule has 0 amide bonds. The zero-order valence-corrected chi connectivity index (χ0v) is 30.6. The molecule has 56 heavy (non-hydrogen) atoms. The van der Waals surface area contributed by atoms with E-state index in [9.17, 15) is 0 Å². The molecule has 262 valence electrons. The van der Waals surface area contributed by atoms with Gasteiger partial charge in [-0.3, -0.25) is 0 Å². The second-order valence-corrected chi connectivity index (χ2v) is 14.5. The summed E-state index contributed by atoms with van der Waals surface area (Å²) in [5.41, 5.74) is 11.9. The Morgan fingerprint density at radius 2 is 0.750 bits per heavy atom. The van der Waals surface area contributed by atoms with Crippen LogP contribution in [0, 0.1) is 0 Å². The number of fused-ring (bicyclic) bond motifs is 7. The maximum atomic E-state index is 6.87. The molecule has 0 unspecified atom stereocenters. The molecule has 0 aliphatic heterocycles. The minimum Gasteiger partial charge on any atom is -0.455 e. The zero-order valence-electron chi connectivity index (χ0n) is 30.6. The summed E-state index contributed by atoms with van der Waals surface area (Å²) in [7, 11) is 0. The minimum absolute atomic E-state index is 0.893. The average Bonchev–Trinajstić information content (AvgIpc) is 3.67. The van der Waals surface area contributed by atoms with Crippen molar-refractivity contribution in [1.29, 1.82) is 0 Å². The number of furan rings is 1. The first-order chi connectivity index (χ1) is 27.7. The lowest BCUT2D eigenvalue weighted by atomic mass is 9.98. The van der Waals surface area contributed by atoms with Crippen LogP contribution in [0.15, 0.2) is 217 Å². The summed E-state index contributed by atoms with van der Waals surface area (Å²) in [5.74, 6) is 0. The van der Waals surface area contributed by atoms with Gasteiger partial charge in [0.05, 0.1) is 5.69 Å². The first kappa shape index (κ1) is 32.0. The molecule has 0 N–H and O–H groups in total. The fourth-order valence-electron chi connectivity index (χ4n) is 8.41. The van der Waals surface area contributed by atoms with Crippen molar-refractivity contribution in [2.24, 2.45) is 0 Å². The summed E-state index contributed by atoms with van der Waals surface area (Å²) >= 11 is 0. The van der Waals surface area contributed by atoms with E-state index < -0.39 is 0 Å². The number of hydrogen-bond donors (Lipinski definition) is 0. The van der Waals surface area contributed by atoms with Gasteiger partial charge in [-0.1, -0.05) is 164 Å². The highest BCUT2D eigenvalue weighted by molar-refractivity contribution is 6.17. The van der Waals surface area contributed by atoms with Crippen molar-refractivity contribution < 1.29 is 4.42 Å². The van der Waals surface area contributed by atoms with Gasteiger partial charge in [-0.2, -0.15) is 0 Å². The number of para-hydroxylation sites is 2. The van der Waals surface area contributed by atoms with E-state index in [0.29, 0.717) is 0 Å². The molecular formula is C54H35NO. The Bertz CT molecular complexity index is 3120. The topological polar surface area (TPSA) is 16.4 Å². The van der Waals surface area contributed by atoms with Crippen LogP contribution in [0.5, 0.6) is 0 Å².